The van der Waals surface area contributed by atoms with Crippen molar-refractivity contribution >= 4 is 34.2 Å². The zero-order valence-corrected chi connectivity index (χ0v) is 16.6. The van der Waals surface area contributed by atoms with E-state index in [4.69, 9.17) is 0 Å². The van der Waals surface area contributed by atoms with Gasteiger partial charge in [-0.2, -0.15) is 5.10 Å². The van der Waals surface area contributed by atoms with Crippen molar-refractivity contribution in [1.29, 1.82) is 0 Å². The van der Waals surface area contributed by atoms with Crippen molar-refractivity contribution in [1.82, 2.24) is 20.1 Å². The summed E-state index contributed by atoms with van der Waals surface area (Å²) in [6.07, 6.45) is 0.979. The van der Waals surface area contributed by atoms with Crippen molar-refractivity contribution in [2.45, 2.75) is 39.2 Å². The van der Waals surface area contributed by atoms with Crippen LogP contribution in [0.4, 0.5) is 0 Å². The molecular weight excluding hydrogens is 364 g/mol. The summed E-state index contributed by atoms with van der Waals surface area (Å²) in [7, 11) is 1.78. The van der Waals surface area contributed by atoms with Gasteiger partial charge in [0.25, 0.3) is 5.91 Å². The third kappa shape index (κ3) is 3.44. The Kier molecular flexibility index (Phi) is 5.01. The minimum absolute atomic E-state index is 0.339. The second kappa shape index (κ2) is 7.11. The minimum Gasteiger partial charge on any atom is -0.480 e. The van der Waals surface area contributed by atoms with Crippen molar-refractivity contribution in [3.63, 3.8) is 0 Å². The summed E-state index contributed by atoms with van der Waals surface area (Å²) in [5, 5.41) is 19.3. The van der Waals surface area contributed by atoms with Gasteiger partial charge in [-0.15, -0.1) is 11.3 Å². The van der Waals surface area contributed by atoms with Crippen LogP contribution in [0.15, 0.2) is 23.6 Å². The monoisotopic (exact) mass is 386 g/mol. The quantitative estimate of drug-likeness (QED) is 0.677. The number of aromatic nitrogens is 3. The maximum absolute atomic E-state index is 13.1. The summed E-state index contributed by atoms with van der Waals surface area (Å²) >= 11 is 1.53. The van der Waals surface area contributed by atoms with Crippen LogP contribution >= 0.6 is 11.3 Å². The lowest BCUT2D eigenvalue weighted by Crippen LogP contribution is -2.52. The molecule has 0 fully saturated rings. The van der Waals surface area contributed by atoms with Gasteiger partial charge in [0, 0.05) is 7.05 Å². The topological polar surface area (TPSA) is 97.1 Å². The molecule has 142 valence electrons. The lowest BCUT2D eigenvalue weighted by molar-refractivity contribution is -0.144. The number of fused-ring (bicyclic) bond motifs is 1. The Morgan fingerprint density at radius 2 is 2.15 bits per heavy atom. The molecule has 3 heterocycles. The Morgan fingerprint density at radius 1 is 1.41 bits per heavy atom. The molecule has 0 aliphatic carbocycles. The molecule has 7 nitrogen and oxygen atoms in total. The second-order valence-electron chi connectivity index (χ2n) is 6.78. The second-order valence-corrected chi connectivity index (χ2v) is 7.73. The molecule has 3 aromatic heterocycles. The molecule has 1 amide bonds. The number of pyridine rings is 1. The number of carboxylic acids is 1. The lowest BCUT2D eigenvalue weighted by Gasteiger charge is -2.26. The summed E-state index contributed by atoms with van der Waals surface area (Å²) in [5.41, 5.74) is 0.989. The van der Waals surface area contributed by atoms with Crippen LogP contribution in [0.5, 0.6) is 0 Å². The molecular formula is C19H22N4O3S. The minimum atomic E-state index is -1.33. The first-order valence-electron chi connectivity index (χ1n) is 8.71. The number of carbonyl (C=O) groups is 2. The van der Waals surface area contributed by atoms with Gasteiger partial charge in [0.05, 0.1) is 27.2 Å². The zero-order chi connectivity index (χ0) is 19.8. The van der Waals surface area contributed by atoms with Crippen molar-refractivity contribution in [2.75, 3.05) is 0 Å². The van der Waals surface area contributed by atoms with Gasteiger partial charge in [0.1, 0.15) is 5.54 Å². The standard InChI is InChI=1S/C19H22N4O3S/c1-5-8-19(3,18(25)26)21-17(24)12-10-13(14-7-6-9-27-14)20-16-15(12)11(2)22-23(16)4/h6-7,9-10H,5,8H2,1-4H3,(H,21,24)(H,25,26). The Labute approximate surface area is 161 Å². The summed E-state index contributed by atoms with van der Waals surface area (Å²) in [6, 6.07) is 5.57. The molecule has 0 aliphatic heterocycles. The van der Waals surface area contributed by atoms with Gasteiger partial charge >= 0.3 is 5.97 Å². The Hall–Kier alpha value is -2.74. The average Bonchev–Trinajstić information content (AvgIpc) is 3.23. The number of hydrogen-bond donors (Lipinski definition) is 2. The number of nitrogens with zero attached hydrogens (tertiary/aromatic N) is 3. The molecule has 0 spiro atoms. The van der Waals surface area contributed by atoms with E-state index in [9.17, 15) is 14.7 Å². The summed E-state index contributed by atoms with van der Waals surface area (Å²) in [5.74, 6) is -1.49. The van der Waals surface area contributed by atoms with E-state index in [1.54, 1.807) is 17.8 Å². The smallest absolute Gasteiger partial charge is 0.329 e. The number of hydrogen-bond acceptors (Lipinski definition) is 5. The van der Waals surface area contributed by atoms with Crippen molar-refractivity contribution < 1.29 is 14.7 Å². The van der Waals surface area contributed by atoms with E-state index in [1.165, 1.54) is 18.3 Å². The molecule has 0 bridgehead atoms. The number of thiophene rings is 1. The van der Waals surface area contributed by atoms with Crippen LogP contribution in [-0.4, -0.2) is 37.3 Å². The fraction of sp³-hybridized carbons (Fsp3) is 0.368. The highest BCUT2D eigenvalue weighted by atomic mass is 32.1. The van der Waals surface area contributed by atoms with Crippen molar-refractivity contribution in [3.05, 3.63) is 34.8 Å². The van der Waals surface area contributed by atoms with Crippen LogP contribution in [0.3, 0.4) is 0 Å². The summed E-state index contributed by atoms with van der Waals surface area (Å²) < 4.78 is 1.64. The molecule has 2 N–H and O–H groups in total. The van der Waals surface area contributed by atoms with Crippen molar-refractivity contribution in [2.24, 2.45) is 7.05 Å². The zero-order valence-electron chi connectivity index (χ0n) is 15.7. The van der Waals surface area contributed by atoms with Gasteiger partial charge in [-0.3, -0.25) is 9.48 Å². The van der Waals surface area contributed by atoms with Gasteiger partial charge in [0.2, 0.25) is 0 Å². The number of nitrogens with one attached hydrogen (secondary N) is 1. The van der Waals surface area contributed by atoms with Crippen LogP contribution < -0.4 is 5.32 Å². The maximum Gasteiger partial charge on any atom is 0.329 e. The molecule has 0 radical (unpaired) electrons. The van der Waals surface area contributed by atoms with Gasteiger partial charge in [-0.05, 0) is 37.8 Å². The first-order chi connectivity index (χ1) is 12.8. The average molecular weight is 386 g/mol. The summed E-state index contributed by atoms with van der Waals surface area (Å²) in [6.45, 7) is 5.23. The number of aryl methyl sites for hydroxylation is 2. The highest BCUT2D eigenvalue weighted by molar-refractivity contribution is 7.13. The van der Waals surface area contributed by atoms with Gasteiger partial charge < -0.3 is 10.4 Å². The van der Waals surface area contributed by atoms with Crippen LogP contribution in [0, 0.1) is 6.92 Å². The van der Waals surface area contributed by atoms with Crippen LogP contribution in [0.25, 0.3) is 21.6 Å². The van der Waals surface area contributed by atoms with E-state index in [-0.39, 0.29) is 0 Å². The molecule has 0 saturated carbocycles. The molecule has 8 heteroatoms. The number of amides is 1. The van der Waals surface area contributed by atoms with E-state index in [2.05, 4.69) is 15.4 Å². The molecule has 0 aromatic carbocycles. The molecule has 1 atom stereocenters. The highest BCUT2D eigenvalue weighted by Crippen LogP contribution is 2.29. The molecule has 0 saturated heterocycles. The Morgan fingerprint density at radius 3 is 2.74 bits per heavy atom. The van der Waals surface area contributed by atoms with Gasteiger partial charge in [-0.1, -0.05) is 19.4 Å². The predicted octanol–water partition coefficient (Wildman–Crippen LogP) is 3.38. The van der Waals surface area contributed by atoms with E-state index in [0.717, 1.165) is 4.88 Å². The first kappa shape index (κ1) is 19.0. The SMILES string of the molecule is CCCC(C)(NC(=O)c1cc(-c2cccs2)nc2c1c(C)nn2C)C(=O)O. The highest BCUT2D eigenvalue weighted by Gasteiger charge is 2.35. The number of carboxylic acid groups (broad SMARTS) is 1. The molecule has 27 heavy (non-hydrogen) atoms. The third-order valence-corrected chi connectivity index (χ3v) is 5.49. The van der Waals surface area contributed by atoms with Crippen LogP contribution in [-0.2, 0) is 11.8 Å². The van der Waals surface area contributed by atoms with Gasteiger partial charge in [0.15, 0.2) is 5.65 Å². The van der Waals surface area contributed by atoms with E-state index < -0.39 is 17.4 Å². The fourth-order valence-corrected chi connectivity index (χ4v) is 3.90. The molecule has 0 aliphatic rings. The largest absolute Gasteiger partial charge is 0.480 e. The van der Waals surface area contributed by atoms with Crippen molar-refractivity contribution in [3.8, 4) is 10.6 Å². The maximum atomic E-state index is 13.1. The predicted molar refractivity (Wildman–Crippen MR) is 105 cm³/mol. The fourth-order valence-electron chi connectivity index (χ4n) is 3.22. The van der Waals surface area contributed by atoms with E-state index in [1.807, 2.05) is 31.4 Å². The van der Waals surface area contributed by atoms with Crippen LogP contribution in [0.1, 0.15) is 42.7 Å². The number of aliphatic carboxylic acids is 1. The first-order valence-corrected chi connectivity index (χ1v) is 9.59. The molecule has 3 rings (SSSR count). The molecule has 1 unspecified atom stereocenters. The Bertz CT molecular complexity index is 1010. The summed E-state index contributed by atoms with van der Waals surface area (Å²) in [4.78, 5) is 30.4. The molecule has 3 aromatic rings. The number of rotatable bonds is 6. The van der Waals surface area contributed by atoms with E-state index >= 15 is 0 Å². The van der Waals surface area contributed by atoms with E-state index in [0.29, 0.717) is 40.8 Å². The number of carbonyl (C=O) groups excluding carboxylic acids is 1. The van der Waals surface area contributed by atoms with Gasteiger partial charge in [-0.25, -0.2) is 9.78 Å². The normalized spacial score (nSPS) is 13.5. The Balaban J connectivity index is 2.14. The lowest BCUT2D eigenvalue weighted by atomic mass is 9.95. The third-order valence-electron chi connectivity index (χ3n) is 4.60. The van der Waals surface area contributed by atoms with Crippen LogP contribution in [0.2, 0.25) is 0 Å².